The van der Waals surface area contributed by atoms with Gasteiger partial charge in [0.1, 0.15) is 0 Å². The number of nitrogens with one attached hydrogen (secondary N) is 1. The number of fused-ring (bicyclic) bond motifs is 1. The third kappa shape index (κ3) is 2.45. The van der Waals surface area contributed by atoms with Gasteiger partial charge in [-0.15, -0.1) is 11.8 Å². The Morgan fingerprint density at radius 1 is 1.41 bits per heavy atom. The molecule has 0 aromatic heterocycles. The lowest BCUT2D eigenvalue weighted by molar-refractivity contribution is -0.138. The summed E-state index contributed by atoms with van der Waals surface area (Å²) in [5.74, 6) is 0. The quantitative estimate of drug-likeness (QED) is 0.876. The Kier molecular flexibility index (Phi) is 3.41. The molecule has 1 aromatic rings. The zero-order valence-electron chi connectivity index (χ0n) is 9.64. The zero-order valence-corrected chi connectivity index (χ0v) is 10.5. The fourth-order valence-corrected chi connectivity index (χ4v) is 3.43. The van der Waals surface area contributed by atoms with Gasteiger partial charge in [-0.3, -0.25) is 0 Å². The average Bonchev–Trinajstić information content (AvgIpc) is 2.69. The molecule has 94 valence electrons. The Morgan fingerprint density at radius 3 is 2.71 bits per heavy atom. The summed E-state index contributed by atoms with van der Waals surface area (Å²) >= 11 is 1.54. The van der Waals surface area contributed by atoms with Gasteiger partial charge in [0.25, 0.3) is 0 Å². The van der Waals surface area contributed by atoms with Crippen LogP contribution in [-0.2, 0) is 12.6 Å². The summed E-state index contributed by atoms with van der Waals surface area (Å²) in [6, 6.07) is 4.64. The topological polar surface area (TPSA) is 12.0 Å². The summed E-state index contributed by atoms with van der Waals surface area (Å²) in [4.78, 5) is 0.770. The molecule has 0 bridgehead atoms. The SMILES string of the molecule is CNC(C)C1Cc2c(cccc2C(F)(F)F)S1. The van der Waals surface area contributed by atoms with Crippen molar-refractivity contribution >= 4 is 11.8 Å². The first-order valence-electron chi connectivity index (χ1n) is 5.46. The van der Waals surface area contributed by atoms with E-state index in [0.717, 1.165) is 4.90 Å². The maximum absolute atomic E-state index is 12.8. The number of hydrogen-bond acceptors (Lipinski definition) is 2. The maximum atomic E-state index is 12.8. The molecular weight excluding hydrogens is 247 g/mol. The standard InChI is InChI=1S/C12H14F3NS/c1-7(16-2)11-6-8-9(12(13,14)15)4-3-5-10(8)17-11/h3-5,7,11,16H,6H2,1-2H3. The summed E-state index contributed by atoms with van der Waals surface area (Å²) in [5, 5.41) is 3.28. The molecule has 1 aliphatic heterocycles. The smallest absolute Gasteiger partial charge is 0.316 e. The fourth-order valence-electron chi connectivity index (χ4n) is 2.02. The molecule has 0 saturated carbocycles. The second kappa shape index (κ2) is 4.53. The lowest BCUT2D eigenvalue weighted by atomic mass is 10.0. The van der Waals surface area contributed by atoms with Crippen LogP contribution in [0.25, 0.3) is 0 Å². The Balaban J connectivity index is 2.32. The minimum Gasteiger partial charge on any atom is -0.316 e. The van der Waals surface area contributed by atoms with Crippen LogP contribution in [0.2, 0.25) is 0 Å². The lowest BCUT2D eigenvalue weighted by Gasteiger charge is -2.17. The van der Waals surface area contributed by atoms with E-state index in [1.54, 1.807) is 6.07 Å². The van der Waals surface area contributed by atoms with Crippen LogP contribution in [0, 0.1) is 0 Å². The summed E-state index contributed by atoms with van der Waals surface area (Å²) in [6.07, 6.45) is -3.76. The summed E-state index contributed by atoms with van der Waals surface area (Å²) in [7, 11) is 1.83. The van der Waals surface area contributed by atoms with Gasteiger partial charge in [-0.05, 0) is 38.1 Å². The van der Waals surface area contributed by atoms with Crippen LogP contribution in [0.15, 0.2) is 23.1 Å². The van der Waals surface area contributed by atoms with Crippen molar-refractivity contribution in [3.05, 3.63) is 29.3 Å². The van der Waals surface area contributed by atoms with Crippen molar-refractivity contribution in [1.82, 2.24) is 5.32 Å². The highest BCUT2D eigenvalue weighted by molar-refractivity contribution is 8.00. The first-order chi connectivity index (χ1) is 7.93. The molecule has 2 unspecified atom stereocenters. The van der Waals surface area contributed by atoms with Crippen molar-refractivity contribution < 1.29 is 13.2 Å². The molecule has 0 spiro atoms. The van der Waals surface area contributed by atoms with E-state index in [2.05, 4.69) is 5.32 Å². The second-order valence-corrected chi connectivity index (χ2v) is 5.50. The van der Waals surface area contributed by atoms with E-state index >= 15 is 0 Å². The normalized spacial score (nSPS) is 21.4. The molecule has 2 atom stereocenters. The molecular formula is C12H14F3NS. The maximum Gasteiger partial charge on any atom is 0.416 e. The first-order valence-corrected chi connectivity index (χ1v) is 6.34. The monoisotopic (exact) mass is 261 g/mol. The van der Waals surface area contributed by atoms with E-state index in [9.17, 15) is 13.2 Å². The van der Waals surface area contributed by atoms with Crippen LogP contribution in [0.4, 0.5) is 13.2 Å². The Labute approximate surface area is 103 Å². The fraction of sp³-hybridized carbons (Fsp3) is 0.500. The van der Waals surface area contributed by atoms with Crippen molar-refractivity contribution in [3.63, 3.8) is 0 Å². The molecule has 1 aromatic carbocycles. The van der Waals surface area contributed by atoms with Gasteiger partial charge >= 0.3 is 6.18 Å². The molecule has 2 rings (SSSR count). The van der Waals surface area contributed by atoms with Gasteiger partial charge in [-0.1, -0.05) is 6.07 Å². The van der Waals surface area contributed by atoms with Gasteiger partial charge in [-0.2, -0.15) is 13.2 Å². The van der Waals surface area contributed by atoms with Crippen LogP contribution in [0.1, 0.15) is 18.1 Å². The molecule has 1 nitrogen and oxygen atoms in total. The van der Waals surface area contributed by atoms with Crippen molar-refractivity contribution in [1.29, 1.82) is 0 Å². The van der Waals surface area contributed by atoms with E-state index in [4.69, 9.17) is 0 Å². The highest BCUT2D eigenvalue weighted by Gasteiger charge is 2.38. The minimum atomic E-state index is -4.25. The Morgan fingerprint density at radius 2 is 2.12 bits per heavy atom. The molecule has 0 saturated heterocycles. The van der Waals surface area contributed by atoms with E-state index in [1.807, 2.05) is 14.0 Å². The summed E-state index contributed by atoms with van der Waals surface area (Å²) < 4.78 is 38.5. The van der Waals surface area contributed by atoms with Crippen molar-refractivity contribution in [3.8, 4) is 0 Å². The number of benzene rings is 1. The molecule has 0 amide bonds. The van der Waals surface area contributed by atoms with E-state index in [0.29, 0.717) is 12.0 Å². The molecule has 17 heavy (non-hydrogen) atoms. The molecule has 1 aliphatic rings. The predicted molar refractivity (Wildman–Crippen MR) is 63.3 cm³/mol. The number of thioether (sulfide) groups is 1. The van der Waals surface area contributed by atoms with Crippen LogP contribution < -0.4 is 5.32 Å². The van der Waals surface area contributed by atoms with Gasteiger partial charge in [0.2, 0.25) is 0 Å². The number of hydrogen-bond donors (Lipinski definition) is 1. The van der Waals surface area contributed by atoms with Gasteiger partial charge < -0.3 is 5.32 Å². The Bertz CT molecular complexity index is 417. The highest BCUT2D eigenvalue weighted by Crippen LogP contribution is 2.44. The molecule has 0 aliphatic carbocycles. The highest BCUT2D eigenvalue weighted by atomic mass is 32.2. The van der Waals surface area contributed by atoms with Crippen LogP contribution in [-0.4, -0.2) is 18.3 Å². The molecule has 0 fully saturated rings. The average molecular weight is 261 g/mol. The Hall–Kier alpha value is -0.680. The number of rotatable bonds is 2. The molecule has 1 heterocycles. The third-order valence-corrected chi connectivity index (χ3v) is 4.65. The number of alkyl halides is 3. The van der Waals surface area contributed by atoms with Crippen molar-refractivity contribution in [2.45, 2.75) is 35.7 Å². The van der Waals surface area contributed by atoms with Crippen LogP contribution >= 0.6 is 11.8 Å². The van der Waals surface area contributed by atoms with E-state index in [-0.39, 0.29) is 11.3 Å². The van der Waals surface area contributed by atoms with Crippen LogP contribution in [0.3, 0.4) is 0 Å². The van der Waals surface area contributed by atoms with Gasteiger partial charge in [0.05, 0.1) is 5.56 Å². The predicted octanol–water partition coefficient (Wildman–Crippen LogP) is 3.33. The van der Waals surface area contributed by atoms with E-state index in [1.165, 1.54) is 23.9 Å². The third-order valence-electron chi connectivity index (χ3n) is 3.14. The van der Waals surface area contributed by atoms with Crippen molar-refractivity contribution in [2.24, 2.45) is 0 Å². The lowest BCUT2D eigenvalue weighted by Crippen LogP contribution is -2.32. The summed E-state index contributed by atoms with van der Waals surface area (Å²) in [5.41, 5.74) is -0.0228. The van der Waals surface area contributed by atoms with Gasteiger partial charge in [-0.25, -0.2) is 0 Å². The minimum absolute atomic E-state index is 0.179. The second-order valence-electron chi connectivity index (χ2n) is 4.22. The molecule has 1 N–H and O–H groups in total. The van der Waals surface area contributed by atoms with Crippen LogP contribution in [0.5, 0.6) is 0 Å². The zero-order chi connectivity index (χ0) is 12.6. The van der Waals surface area contributed by atoms with Crippen molar-refractivity contribution in [2.75, 3.05) is 7.05 Å². The van der Waals surface area contributed by atoms with Gasteiger partial charge in [0, 0.05) is 16.2 Å². The molecule has 5 heteroatoms. The van der Waals surface area contributed by atoms with Gasteiger partial charge in [0.15, 0.2) is 0 Å². The first kappa shape index (κ1) is 12.8. The van der Waals surface area contributed by atoms with E-state index < -0.39 is 11.7 Å². The largest absolute Gasteiger partial charge is 0.416 e. The number of halogens is 3. The molecule has 0 radical (unpaired) electrons. The summed E-state index contributed by atoms with van der Waals surface area (Å²) in [6.45, 7) is 2.00.